The molecule has 2 heterocycles. The van der Waals surface area contributed by atoms with Crippen molar-refractivity contribution in [1.29, 1.82) is 0 Å². The van der Waals surface area contributed by atoms with E-state index in [1.165, 1.54) is 7.11 Å². The molecule has 25 heavy (non-hydrogen) atoms. The number of nitrogens with zero attached hydrogens (tertiary/aromatic N) is 2. The van der Waals surface area contributed by atoms with Gasteiger partial charge in [0.1, 0.15) is 0 Å². The predicted octanol–water partition coefficient (Wildman–Crippen LogP) is 0.609. The van der Waals surface area contributed by atoms with Crippen molar-refractivity contribution in [2.75, 3.05) is 46.4 Å². The van der Waals surface area contributed by atoms with Gasteiger partial charge in [-0.05, 0) is 45.7 Å². The summed E-state index contributed by atoms with van der Waals surface area (Å²) < 4.78 is 9.77. The molecule has 2 amide bonds. The SMILES string of the molecule is CCOC(=O)N1CCC(NC(=O)CN2CCC(C(=O)OC)CC2)CC1. The number of carbonyl (C=O) groups is 3. The predicted molar refractivity (Wildman–Crippen MR) is 90.9 cm³/mol. The molecule has 2 aliphatic rings. The van der Waals surface area contributed by atoms with Crippen LogP contribution < -0.4 is 5.32 Å². The summed E-state index contributed by atoms with van der Waals surface area (Å²) in [5.74, 6) is -0.194. The molecule has 2 fully saturated rings. The number of esters is 1. The number of nitrogens with one attached hydrogen (secondary N) is 1. The fourth-order valence-corrected chi connectivity index (χ4v) is 3.39. The van der Waals surface area contributed by atoms with Crippen molar-refractivity contribution in [3.63, 3.8) is 0 Å². The Bertz CT molecular complexity index is 469. The second-order valence-electron chi connectivity index (χ2n) is 6.60. The van der Waals surface area contributed by atoms with Gasteiger partial charge in [0.15, 0.2) is 0 Å². The summed E-state index contributed by atoms with van der Waals surface area (Å²) in [6, 6.07) is 0.103. The van der Waals surface area contributed by atoms with E-state index in [1.54, 1.807) is 11.8 Å². The highest BCUT2D eigenvalue weighted by Gasteiger charge is 2.28. The fourth-order valence-electron chi connectivity index (χ4n) is 3.39. The zero-order valence-corrected chi connectivity index (χ0v) is 15.2. The fraction of sp³-hybridized carbons (Fsp3) is 0.824. The van der Waals surface area contributed by atoms with Crippen LogP contribution in [-0.4, -0.2) is 80.3 Å². The maximum absolute atomic E-state index is 12.2. The van der Waals surface area contributed by atoms with E-state index in [9.17, 15) is 14.4 Å². The Morgan fingerprint density at radius 3 is 2.24 bits per heavy atom. The highest BCUT2D eigenvalue weighted by Crippen LogP contribution is 2.18. The molecule has 1 N–H and O–H groups in total. The number of amides is 2. The molecule has 0 unspecified atom stereocenters. The van der Waals surface area contributed by atoms with E-state index < -0.39 is 0 Å². The third kappa shape index (κ3) is 5.88. The van der Waals surface area contributed by atoms with Crippen molar-refractivity contribution in [3.8, 4) is 0 Å². The van der Waals surface area contributed by atoms with Crippen LogP contribution in [0.25, 0.3) is 0 Å². The number of rotatable bonds is 5. The summed E-state index contributed by atoms with van der Waals surface area (Å²) in [5.41, 5.74) is 0. The minimum atomic E-state index is -0.277. The van der Waals surface area contributed by atoms with E-state index in [2.05, 4.69) is 10.2 Å². The highest BCUT2D eigenvalue weighted by molar-refractivity contribution is 5.78. The number of hydrogen-bond donors (Lipinski definition) is 1. The molecule has 0 aromatic rings. The van der Waals surface area contributed by atoms with Gasteiger partial charge in [-0.15, -0.1) is 0 Å². The second-order valence-corrected chi connectivity index (χ2v) is 6.60. The first-order chi connectivity index (χ1) is 12.0. The maximum Gasteiger partial charge on any atom is 0.409 e. The molecule has 0 atom stereocenters. The lowest BCUT2D eigenvalue weighted by Crippen LogP contribution is -2.49. The van der Waals surface area contributed by atoms with E-state index in [1.807, 2.05) is 0 Å². The molecule has 2 aliphatic heterocycles. The van der Waals surface area contributed by atoms with Crippen LogP contribution in [0.1, 0.15) is 32.6 Å². The van der Waals surface area contributed by atoms with Crippen molar-refractivity contribution in [3.05, 3.63) is 0 Å². The molecule has 0 bridgehead atoms. The standard InChI is InChI=1S/C17H29N3O5/c1-3-25-17(23)20-10-6-14(7-11-20)18-15(21)12-19-8-4-13(5-9-19)16(22)24-2/h13-14H,3-12H2,1-2H3,(H,18,21). The van der Waals surface area contributed by atoms with Gasteiger partial charge in [0.05, 0.1) is 26.2 Å². The molecule has 142 valence electrons. The van der Waals surface area contributed by atoms with E-state index in [0.717, 1.165) is 38.8 Å². The average molecular weight is 355 g/mol. The van der Waals surface area contributed by atoms with Crippen LogP contribution in [0.4, 0.5) is 4.79 Å². The molecule has 0 aromatic carbocycles. The molecule has 0 spiro atoms. The number of likely N-dealkylation sites (tertiary alicyclic amines) is 2. The van der Waals surface area contributed by atoms with Crippen molar-refractivity contribution >= 4 is 18.0 Å². The largest absolute Gasteiger partial charge is 0.469 e. The zero-order chi connectivity index (χ0) is 18.2. The van der Waals surface area contributed by atoms with Gasteiger partial charge in [0, 0.05) is 19.1 Å². The lowest BCUT2D eigenvalue weighted by molar-refractivity contribution is -0.147. The van der Waals surface area contributed by atoms with Gasteiger partial charge in [0.25, 0.3) is 0 Å². The van der Waals surface area contributed by atoms with Gasteiger partial charge in [-0.2, -0.15) is 0 Å². The third-order valence-corrected chi connectivity index (χ3v) is 4.88. The van der Waals surface area contributed by atoms with Gasteiger partial charge < -0.3 is 19.7 Å². The van der Waals surface area contributed by atoms with Crippen molar-refractivity contribution in [1.82, 2.24) is 15.1 Å². The van der Waals surface area contributed by atoms with Crippen LogP contribution in [0.15, 0.2) is 0 Å². The summed E-state index contributed by atoms with van der Waals surface area (Å²) in [4.78, 5) is 39.2. The van der Waals surface area contributed by atoms with Crippen LogP contribution in [0.2, 0.25) is 0 Å². The number of piperidine rings is 2. The first kappa shape index (κ1) is 19.5. The second kappa shape index (κ2) is 9.60. The van der Waals surface area contributed by atoms with E-state index in [4.69, 9.17) is 9.47 Å². The van der Waals surface area contributed by atoms with Crippen LogP contribution in [-0.2, 0) is 19.1 Å². The Kier molecular flexibility index (Phi) is 7.49. The van der Waals surface area contributed by atoms with Gasteiger partial charge in [-0.3, -0.25) is 14.5 Å². The van der Waals surface area contributed by atoms with Crippen molar-refractivity contribution < 1.29 is 23.9 Å². The summed E-state index contributed by atoms with van der Waals surface area (Å²) in [5, 5.41) is 3.05. The highest BCUT2D eigenvalue weighted by atomic mass is 16.6. The lowest BCUT2D eigenvalue weighted by Gasteiger charge is -2.33. The summed E-state index contributed by atoms with van der Waals surface area (Å²) >= 11 is 0. The van der Waals surface area contributed by atoms with Crippen LogP contribution in [0.3, 0.4) is 0 Å². The minimum absolute atomic E-state index is 0.00565. The molecule has 0 radical (unpaired) electrons. The number of carbonyl (C=O) groups excluding carboxylic acids is 3. The van der Waals surface area contributed by atoms with Crippen LogP contribution in [0, 0.1) is 5.92 Å². The number of methoxy groups -OCH3 is 1. The Labute approximate surface area is 148 Å². The monoisotopic (exact) mass is 355 g/mol. The Balaban J connectivity index is 1.65. The molecule has 0 aromatic heterocycles. The molecule has 0 aliphatic carbocycles. The third-order valence-electron chi connectivity index (χ3n) is 4.88. The minimum Gasteiger partial charge on any atom is -0.469 e. The van der Waals surface area contributed by atoms with Crippen molar-refractivity contribution in [2.24, 2.45) is 5.92 Å². The summed E-state index contributed by atoms with van der Waals surface area (Å²) in [6.45, 7) is 5.19. The maximum atomic E-state index is 12.2. The molecular formula is C17H29N3O5. The molecule has 0 saturated carbocycles. The van der Waals surface area contributed by atoms with Gasteiger partial charge in [0.2, 0.25) is 5.91 Å². The molecule has 8 nitrogen and oxygen atoms in total. The average Bonchev–Trinajstić information content (AvgIpc) is 2.62. The van der Waals surface area contributed by atoms with E-state index in [0.29, 0.717) is 26.2 Å². The van der Waals surface area contributed by atoms with Crippen LogP contribution in [0.5, 0.6) is 0 Å². The Hall–Kier alpha value is -1.83. The first-order valence-corrected chi connectivity index (χ1v) is 9.04. The Morgan fingerprint density at radius 1 is 1.04 bits per heavy atom. The van der Waals surface area contributed by atoms with Gasteiger partial charge in [-0.25, -0.2) is 4.79 Å². The van der Waals surface area contributed by atoms with E-state index in [-0.39, 0.29) is 29.9 Å². The van der Waals surface area contributed by atoms with Crippen LogP contribution >= 0.6 is 0 Å². The van der Waals surface area contributed by atoms with E-state index >= 15 is 0 Å². The first-order valence-electron chi connectivity index (χ1n) is 9.04. The lowest BCUT2D eigenvalue weighted by atomic mass is 9.97. The zero-order valence-electron chi connectivity index (χ0n) is 15.2. The summed E-state index contributed by atoms with van der Waals surface area (Å²) in [7, 11) is 1.41. The van der Waals surface area contributed by atoms with Gasteiger partial charge >= 0.3 is 12.1 Å². The topological polar surface area (TPSA) is 88.2 Å². The molecular weight excluding hydrogens is 326 g/mol. The van der Waals surface area contributed by atoms with Gasteiger partial charge in [-0.1, -0.05) is 0 Å². The normalized spacial score (nSPS) is 20.2. The smallest absolute Gasteiger partial charge is 0.409 e. The molecule has 2 rings (SSSR count). The van der Waals surface area contributed by atoms with Crippen molar-refractivity contribution in [2.45, 2.75) is 38.6 Å². The molecule has 2 saturated heterocycles. The quantitative estimate of drug-likeness (QED) is 0.727. The summed E-state index contributed by atoms with van der Waals surface area (Å²) in [6.07, 6.45) is 2.68. The Morgan fingerprint density at radius 2 is 1.68 bits per heavy atom. The molecule has 8 heteroatoms. The number of hydrogen-bond acceptors (Lipinski definition) is 6. The number of ether oxygens (including phenoxy) is 2.